The molecule has 3 aromatic rings. The van der Waals surface area contributed by atoms with Gasteiger partial charge in [0.2, 0.25) is 0 Å². The first-order chi connectivity index (χ1) is 12.4. The molecule has 5 nitrogen and oxygen atoms in total. The third-order valence-corrected chi connectivity index (χ3v) is 5.16. The summed E-state index contributed by atoms with van der Waals surface area (Å²) in [7, 11) is 1.30. The molecule has 0 fully saturated rings. The van der Waals surface area contributed by atoms with Crippen LogP contribution < -0.4 is 4.80 Å². The second-order valence-corrected chi connectivity index (χ2v) is 6.86. The molecule has 0 spiro atoms. The average molecular weight is 372 g/mol. The highest BCUT2D eigenvalue weighted by atomic mass is 32.1. The number of benzene rings is 2. The zero-order valence-electron chi connectivity index (χ0n) is 14.6. The monoisotopic (exact) mass is 372 g/mol. The minimum absolute atomic E-state index is 0.0810. The lowest BCUT2D eigenvalue weighted by molar-refractivity contribution is -0.141. The second-order valence-electron chi connectivity index (χ2n) is 5.85. The van der Waals surface area contributed by atoms with E-state index >= 15 is 0 Å². The van der Waals surface area contributed by atoms with Gasteiger partial charge in [0, 0.05) is 0 Å². The van der Waals surface area contributed by atoms with Gasteiger partial charge in [-0.15, -0.1) is 0 Å². The summed E-state index contributed by atoms with van der Waals surface area (Å²) in [4.78, 5) is 28.6. The Morgan fingerprint density at radius 1 is 1.19 bits per heavy atom. The van der Waals surface area contributed by atoms with Crippen LogP contribution in [0.15, 0.2) is 41.4 Å². The van der Waals surface area contributed by atoms with Gasteiger partial charge < -0.3 is 9.30 Å². The minimum Gasteiger partial charge on any atom is -0.468 e. The molecule has 0 aliphatic heterocycles. The fourth-order valence-corrected chi connectivity index (χ4v) is 3.64. The van der Waals surface area contributed by atoms with Crippen LogP contribution >= 0.6 is 11.3 Å². The van der Waals surface area contributed by atoms with Crippen molar-refractivity contribution in [3.63, 3.8) is 0 Å². The van der Waals surface area contributed by atoms with Gasteiger partial charge in [-0.3, -0.25) is 9.59 Å². The molecule has 2 aromatic carbocycles. The number of ether oxygens (including phenoxy) is 1. The Kier molecular flexibility index (Phi) is 4.99. The van der Waals surface area contributed by atoms with Crippen molar-refractivity contribution in [2.24, 2.45) is 4.99 Å². The number of rotatable bonds is 3. The molecule has 7 heteroatoms. The van der Waals surface area contributed by atoms with Gasteiger partial charge in [-0.05, 0) is 49.2 Å². The number of hydrogen-bond donors (Lipinski definition) is 0. The Morgan fingerprint density at radius 2 is 1.88 bits per heavy atom. The number of amides is 1. The number of aryl methyl sites for hydroxylation is 2. The largest absolute Gasteiger partial charge is 0.468 e. The molecule has 1 amide bonds. The molecule has 1 aromatic heterocycles. The van der Waals surface area contributed by atoms with Crippen LogP contribution in [0.3, 0.4) is 0 Å². The summed E-state index contributed by atoms with van der Waals surface area (Å²) in [5.41, 5.74) is 2.82. The van der Waals surface area contributed by atoms with E-state index in [4.69, 9.17) is 4.74 Å². The molecule has 3 rings (SSSR count). The molecular weight excluding hydrogens is 355 g/mol. The van der Waals surface area contributed by atoms with Gasteiger partial charge in [0.25, 0.3) is 5.91 Å². The van der Waals surface area contributed by atoms with Crippen LogP contribution in [0.25, 0.3) is 10.2 Å². The summed E-state index contributed by atoms with van der Waals surface area (Å²) >= 11 is 1.27. The average Bonchev–Trinajstić information content (AvgIpc) is 2.92. The highest BCUT2D eigenvalue weighted by Crippen LogP contribution is 2.22. The number of methoxy groups -OCH3 is 1. The number of carbonyl (C=O) groups is 2. The number of thiazole rings is 1. The zero-order valence-corrected chi connectivity index (χ0v) is 15.4. The van der Waals surface area contributed by atoms with E-state index in [0.29, 0.717) is 4.80 Å². The van der Waals surface area contributed by atoms with Crippen LogP contribution in [0.2, 0.25) is 0 Å². The normalized spacial score (nSPS) is 11.8. The summed E-state index contributed by atoms with van der Waals surface area (Å²) in [5, 5.41) is 0. The van der Waals surface area contributed by atoms with Crippen molar-refractivity contribution in [1.82, 2.24) is 4.57 Å². The number of hydrogen-bond acceptors (Lipinski definition) is 4. The van der Waals surface area contributed by atoms with Crippen LogP contribution in [0.5, 0.6) is 0 Å². The fourth-order valence-electron chi connectivity index (χ4n) is 2.54. The fraction of sp³-hybridized carbons (Fsp3) is 0.211. The van der Waals surface area contributed by atoms with Gasteiger partial charge in [0.1, 0.15) is 12.4 Å². The Balaban J connectivity index is 2.20. The van der Waals surface area contributed by atoms with Gasteiger partial charge in [-0.1, -0.05) is 23.5 Å². The number of nitrogens with zero attached hydrogens (tertiary/aromatic N) is 2. The van der Waals surface area contributed by atoms with E-state index in [1.54, 1.807) is 10.6 Å². The van der Waals surface area contributed by atoms with Gasteiger partial charge in [-0.25, -0.2) is 4.39 Å². The van der Waals surface area contributed by atoms with Crippen LogP contribution in [-0.2, 0) is 16.1 Å². The van der Waals surface area contributed by atoms with E-state index in [1.165, 1.54) is 36.6 Å². The minimum atomic E-state index is -0.693. The summed E-state index contributed by atoms with van der Waals surface area (Å²) in [5.74, 6) is -1.78. The van der Waals surface area contributed by atoms with Crippen LogP contribution in [-0.4, -0.2) is 23.6 Å². The Bertz CT molecular complexity index is 1080. The maximum atomic E-state index is 13.9. The maximum absolute atomic E-state index is 13.9. The van der Waals surface area contributed by atoms with E-state index in [-0.39, 0.29) is 12.1 Å². The van der Waals surface area contributed by atoms with Crippen LogP contribution in [0.1, 0.15) is 21.5 Å². The molecule has 134 valence electrons. The van der Waals surface area contributed by atoms with Crippen molar-refractivity contribution >= 4 is 33.4 Å². The highest BCUT2D eigenvalue weighted by Gasteiger charge is 2.15. The quantitative estimate of drug-likeness (QED) is 0.662. The molecule has 0 radical (unpaired) electrons. The lowest BCUT2D eigenvalue weighted by atomic mass is 10.1. The van der Waals surface area contributed by atoms with Crippen molar-refractivity contribution in [3.05, 3.63) is 63.7 Å². The van der Waals surface area contributed by atoms with Crippen molar-refractivity contribution in [2.75, 3.05) is 7.11 Å². The van der Waals surface area contributed by atoms with Crippen LogP contribution in [0, 0.1) is 19.7 Å². The van der Waals surface area contributed by atoms with Gasteiger partial charge >= 0.3 is 5.97 Å². The van der Waals surface area contributed by atoms with Gasteiger partial charge in [-0.2, -0.15) is 4.99 Å². The molecule has 1 heterocycles. The molecular formula is C19H17FN2O3S. The summed E-state index contributed by atoms with van der Waals surface area (Å²) < 4.78 is 21.1. The topological polar surface area (TPSA) is 60.7 Å². The first-order valence-electron chi connectivity index (χ1n) is 7.91. The molecule has 0 N–H and O–H groups in total. The third-order valence-electron chi connectivity index (χ3n) is 4.11. The smallest absolute Gasteiger partial charge is 0.325 e. The van der Waals surface area contributed by atoms with Gasteiger partial charge in [0.15, 0.2) is 4.80 Å². The molecule has 0 saturated carbocycles. The lowest BCUT2D eigenvalue weighted by Gasteiger charge is -2.05. The van der Waals surface area contributed by atoms with Crippen molar-refractivity contribution in [1.29, 1.82) is 0 Å². The number of aromatic nitrogens is 1. The molecule has 26 heavy (non-hydrogen) atoms. The van der Waals surface area contributed by atoms with Crippen molar-refractivity contribution < 1.29 is 18.7 Å². The Morgan fingerprint density at radius 3 is 2.58 bits per heavy atom. The molecule has 0 atom stereocenters. The maximum Gasteiger partial charge on any atom is 0.325 e. The van der Waals surface area contributed by atoms with E-state index in [1.807, 2.05) is 26.0 Å². The summed E-state index contributed by atoms with van der Waals surface area (Å²) in [6.45, 7) is 3.87. The second kappa shape index (κ2) is 7.21. The molecule has 0 unspecified atom stereocenters. The van der Waals surface area contributed by atoms with E-state index < -0.39 is 17.7 Å². The van der Waals surface area contributed by atoms with Crippen molar-refractivity contribution in [3.8, 4) is 0 Å². The SMILES string of the molecule is COC(=O)Cn1c(=NC(=O)c2ccccc2F)sc2cc(C)c(C)cc21. The molecule has 0 saturated heterocycles. The van der Waals surface area contributed by atoms with Gasteiger partial charge in [0.05, 0.1) is 22.9 Å². The van der Waals surface area contributed by atoms with Crippen molar-refractivity contribution in [2.45, 2.75) is 20.4 Å². The molecule has 0 bridgehead atoms. The number of esters is 1. The first kappa shape index (κ1) is 18.0. The molecule has 0 aliphatic carbocycles. The Labute approximate surface area is 153 Å². The highest BCUT2D eigenvalue weighted by molar-refractivity contribution is 7.16. The number of halogens is 1. The summed E-state index contributed by atoms with van der Waals surface area (Å²) in [6, 6.07) is 9.60. The lowest BCUT2D eigenvalue weighted by Crippen LogP contribution is -2.22. The molecule has 0 aliphatic rings. The first-order valence-corrected chi connectivity index (χ1v) is 8.73. The summed E-state index contributed by atoms with van der Waals surface area (Å²) in [6.07, 6.45) is 0. The number of fused-ring (bicyclic) bond motifs is 1. The standard InChI is InChI=1S/C19H17FN2O3S/c1-11-8-15-16(9-12(11)2)26-19(22(15)10-17(23)25-3)21-18(24)13-6-4-5-7-14(13)20/h4-9H,10H2,1-3H3. The van der Waals surface area contributed by atoms with E-state index in [0.717, 1.165) is 21.3 Å². The van der Waals surface area contributed by atoms with E-state index in [9.17, 15) is 14.0 Å². The predicted molar refractivity (Wildman–Crippen MR) is 97.6 cm³/mol. The van der Waals surface area contributed by atoms with Crippen LogP contribution in [0.4, 0.5) is 4.39 Å². The third kappa shape index (κ3) is 3.43. The predicted octanol–water partition coefficient (Wildman–Crippen LogP) is 3.37. The Hall–Kier alpha value is -2.80. The number of carbonyl (C=O) groups excluding carboxylic acids is 2. The zero-order chi connectivity index (χ0) is 18.8. The van der Waals surface area contributed by atoms with E-state index in [2.05, 4.69) is 4.99 Å².